The number of fused-ring (bicyclic) bond motifs is 1. The highest BCUT2D eigenvalue weighted by Crippen LogP contribution is 2.14. The van der Waals surface area contributed by atoms with Crippen LogP contribution in [0.25, 0.3) is 10.9 Å². The molecule has 0 amide bonds. The van der Waals surface area contributed by atoms with Gasteiger partial charge in [-0.3, -0.25) is 4.98 Å². The average molecular weight is 210 g/mol. The first-order chi connectivity index (χ1) is 7.92. The van der Waals surface area contributed by atoms with Crippen molar-refractivity contribution in [2.24, 2.45) is 5.73 Å². The summed E-state index contributed by atoms with van der Waals surface area (Å²) in [6.45, 7) is 0.700. The van der Waals surface area contributed by atoms with Gasteiger partial charge in [0.1, 0.15) is 0 Å². The number of hydrogen-bond donors (Lipinski definition) is 1. The summed E-state index contributed by atoms with van der Waals surface area (Å²) in [7, 11) is 0. The molecule has 0 fully saturated rings. The van der Waals surface area contributed by atoms with E-state index in [0.29, 0.717) is 6.54 Å². The normalized spacial score (nSPS) is 9.81. The van der Waals surface area contributed by atoms with Crippen molar-refractivity contribution in [1.82, 2.24) is 4.98 Å². The standard InChI is InChI=1S/C14H14N2/c15-10-3-1-2-6-12-7-4-9-14-13(12)8-5-11-16-14/h4-5,7-9,11H,1,3,10,15H2. The molecular formula is C14H14N2. The number of rotatable bonds is 2. The maximum Gasteiger partial charge on any atom is 0.0714 e. The van der Waals surface area contributed by atoms with E-state index in [4.69, 9.17) is 5.73 Å². The monoisotopic (exact) mass is 210 g/mol. The molecule has 0 aliphatic heterocycles. The van der Waals surface area contributed by atoms with Crippen LogP contribution in [0, 0.1) is 11.8 Å². The lowest BCUT2D eigenvalue weighted by molar-refractivity contribution is 0.870. The third-order valence-corrected chi connectivity index (χ3v) is 2.37. The summed E-state index contributed by atoms with van der Waals surface area (Å²) in [6.07, 6.45) is 3.61. The number of pyridine rings is 1. The molecule has 2 heteroatoms. The van der Waals surface area contributed by atoms with Crippen LogP contribution in [-0.2, 0) is 0 Å². The van der Waals surface area contributed by atoms with E-state index in [1.807, 2.05) is 24.3 Å². The lowest BCUT2D eigenvalue weighted by atomic mass is 10.1. The molecule has 80 valence electrons. The first kappa shape index (κ1) is 10.7. The number of aromatic nitrogens is 1. The van der Waals surface area contributed by atoms with Gasteiger partial charge in [-0.1, -0.05) is 24.0 Å². The average Bonchev–Trinajstić information content (AvgIpc) is 2.35. The molecule has 1 heterocycles. The predicted octanol–water partition coefficient (Wildman–Crippen LogP) is 2.33. The Morgan fingerprint density at radius 2 is 2.12 bits per heavy atom. The molecule has 0 atom stereocenters. The SMILES string of the molecule is NCCCC#Cc1cccc2ncccc12. The second kappa shape index (κ2) is 5.29. The Hall–Kier alpha value is -1.85. The fourth-order valence-electron chi connectivity index (χ4n) is 1.56. The maximum atomic E-state index is 5.42. The summed E-state index contributed by atoms with van der Waals surface area (Å²) in [4.78, 5) is 4.30. The van der Waals surface area contributed by atoms with Crippen LogP contribution in [0.2, 0.25) is 0 Å². The number of hydrogen-bond acceptors (Lipinski definition) is 2. The van der Waals surface area contributed by atoms with Gasteiger partial charge in [0.05, 0.1) is 5.52 Å². The smallest absolute Gasteiger partial charge is 0.0714 e. The van der Waals surface area contributed by atoms with Crippen LogP contribution in [0.4, 0.5) is 0 Å². The summed E-state index contributed by atoms with van der Waals surface area (Å²) in [5, 5.41) is 1.12. The maximum absolute atomic E-state index is 5.42. The predicted molar refractivity (Wildman–Crippen MR) is 66.9 cm³/mol. The minimum atomic E-state index is 0.700. The van der Waals surface area contributed by atoms with Crippen molar-refractivity contribution in [3.05, 3.63) is 42.1 Å². The van der Waals surface area contributed by atoms with E-state index in [1.165, 1.54) is 0 Å². The Morgan fingerprint density at radius 1 is 1.19 bits per heavy atom. The highest BCUT2D eigenvalue weighted by atomic mass is 14.6. The molecule has 2 nitrogen and oxygen atoms in total. The second-order valence-electron chi connectivity index (χ2n) is 3.57. The fourth-order valence-corrected chi connectivity index (χ4v) is 1.56. The van der Waals surface area contributed by atoms with Crippen molar-refractivity contribution in [3.63, 3.8) is 0 Å². The van der Waals surface area contributed by atoms with Crippen LogP contribution in [0.15, 0.2) is 36.5 Å². The van der Waals surface area contributed by atoms with Crippen molar-refractivity contribution < 1.29 is 0 Å². The zero-order valence-electron chi connectivity index (χ0n) is 9.11. The molecule has 0 aliphatic rings. The first-order valence-corrected chi connectivity index (χ1v) is 5.44. The molecule has 0 unspecified atom stereocenters. The van der Waals surface area contributed by atoms with Gasteiger partial charge in [0, 0.05) is 23.6 Å². The van der Waals surface area contributed by atoms with Gasteiger partial charge in [0.15, 0.2) is 0 Å². The van der Waals surface area contributed by atoms with Crippen LogP contribution >= 0.6 is 0 Å². The minimum Gasteiger partial charge on any atom is -0.330 e. The molecule has 2 rings (SSSR count). The van der Waals surface area contributed by atoms with Gasteiger partial charge < -0.3 is 5.73 Å². The van der Waals surface area contributed by atoms with Gasteiger partial charge in [0.25, 0.3) is 0 Å². The first-order valence-electron chi connectivity index (χ1n) is 5.44. The Morgan fingerprint density at radius 3 is 3.00 bits per heavy atom. The van der Waals surface area contributed by atoms with E-state index in [9.17, 15) is 0 Å². The number of nitrogens with two attached hydrogens (primary N) is 1. The van der Waals surface area contributed by atoms with Crippen LogP contribution in [0.1, 0.15) is 18.4 Å². The van der Waals surface area contributed by atoms with Crippen molar-refractivity contribution in [2.45, 2.75) is 12.8 Å². The van der Waals surface area contributed by atoms with Gasteiger partial charge in [0.2, 0.25) is 0 Å². The molecule has 1 aromatic carbocycles. The third kappa shape index (κ3) is 2.39. The van der Waals surface area contributed by atoms with Gasteiger partial charge in [-0.05, 0) is 31.2 Å². The zero-order valence-corrected chi connectivity index (χ0v) is 9.11. The van der Waals surface area contributed by atoms with Gasteiger partial charge in [-0.15, -0.1) is 0 Å². The Labute approximate surface area is 95.5 Å². The van der Waals surface area contributed by atoms with E-state index in [2.05, 4.69) is 22.9 Å². The van der Waals surface area contributed by atoms with E-state index in [-0.39, 0.29) is 0 Å². The number of unbranched alkanes of at least 4 members (excludes halogenated alkanes) is 1. The van der Waals surface area contributed by atoms with Gasteiger partial charge in [-0.25, -0.2) is 0 Å². The van der Waals surface area contributed by atoms with E-state index >= 15 is 0 Å². The lowest BCUT2D eigenvalue weighted by Crippen LogP contribution is -1.96. The molecule has 0 aliphatic carbocycles. The molecule has 2 N–H and O–H groups in total. The largest absolute Gasteiger partial charge is 0.330 e. The molecule has 0 saturated carbocycles. The molecular weight excluding hydrogens is 196 g/mol. The lowest BCUT2D eigenvalue weighted by Gasteiger charge is -1.98. The van der Waals surface area contributed by atoms with Crippen molar-refractivity contribution >= 4 is 10.9 Å². The zero-order chi connectivity index (χ0) is 11.2. The summed E-state index contributed by atoms with van der Waals surface area (Å²) >= 11 is 0. The molecule has 1 aromatic heterocycles. The van der Waals surface area contributed by atoms with E-state index in [0.717, 1.165) is 29.3 Å². The number of benzene rings is 1. The van der Waals surface area contributed by atoms with Gasteiger partial charge in [-0.2, -0.15) is 0 Å². The highest BCUT2D eigenvalue weighted by Gasteiger charge is 1.96. The van der Waals surface area contributed by atoms with Gasteiger partial charge >= 0.3 is 0 Å². The second-order valence-corrected chi connectivity index (χ2v) is 3.57. The van der Waals surface area contributed by atoms with Crippen LogP contribution in [0.3, 0.4) is 0 Å². The van der Waals surface area contributed by atoms with Crippen LogP contribution in [-0.4, -0.2) is 11.5 Å². The molecule has 0 spiro atoms. The van der Waals surface area contributed by atoms with Crippen molar-refractivity contribution in [3.8, 4) is 11.8 Å². The Balaban J connectivity index is 2.32. The molecule has 2 aromatic rings. The van der Waals surface area contributed by atoms with Crippen LogP contribution in [0.5, 0.6) is 0 Å². The summed E-state index contributed by atoms with van der Waals surface area (Å²) in [5.41, 5.74) is 7.46. The molecule has 0 saturated heterocycles. The quantitative estimate of drug-likeness (QED) is 0.610. The summed E-state index contributed by atoms with van der Waals surface area (Å²) < 4.78 is 0. The summed E-state index contributed by atoms with van der Waals surface area (Å²) in [5.74, 6) is 6.31. The van der Waals surface area contributed by atoms with Crippen molar-refractivity contribution in [2.75, 3.05) is 6.54 Å². The van der Waals surface area contributed by atoms with Crippen molar-refractivity contribution in [1.29, 1.82) is 0 Å². The topological polar surface area (TPSA) is 38.9 Å². The Bertz CT molecular complexity index is 530. The molecule has 0 bridgehead atoms. The number of nitrogens with zero attached hydrogens (tertiary/aromatic N) is 1. The fraction of sp³-hybridized carbons (Fsp3) is 0.214. The van der Waals surface area contributed by atoms with E-state index < -0.39 is 0 Å². The Kier molecular flexibility index (Phi) is 3.53. The molecule has 0 radical (unpaired) electrons. The summed E-state index contributed by atoms with van der Waals surface area (Å²) in [6, 6.07) is 10.0. The highest BCUT2D eigenvalue weighted by molar-refractivity contribution is 5.84. The van der Waals surface area contributed by atoms with E-state index in [1.54, 1.807) is 6.20 Å². The molecule has 16 heavy (non-hydrogen) atoms. The third-order valence-electron chi connectivity index (χ3n) is 2.37. The van der Waals surface area contributed by atoms with Crippen LogP contribution < -0.4 is 5.73 Å². The minimum absolute atomic E-state index is 0.700.